The molecular formula is C29H26FN3OS2. The van der Waals surface area contributed by atoms with E-state index in [-0.39, 0.29) is 31.8 Å². The summed E-state index contributed by atoms with van der Waals surface area (Å²) in [4.78, 5) is 0. The molecule has 182 valence electrons. The van der Waals surface area contributed by atoms with Crippen LogP contribution in [0, 0.1) is 24.6 Å². The van der Waals surface area contributed by atoms with E-state index in [1.54, 1.807) is 6.07 Å². The van der Waals surface area contributed by atoms with E-state index < -0.39 is 0 Å². The van der Waals surface area contributed by atoms with Crippen molar-refractivity contribution in [2.24, 2.45) is 15.4 Å². The third-order valence-electron chi connectivity index (χ3n) is 6.07. The van der Waals surface area contributed by atoms with Crippen LogP contribution in [-0.2, 0) is 6.61 Å². The summed E-state index contributed by atoms with van der Waals surface area (Å²) in [7, 11) is 0. The van der Waals surface area contributed by atoms with Gasteiger partial charge in [-0.3, -0.25) is 0 Å². The Balaban J connectivity index is 0.00000304. The Hall–Kier alpha value is -3.47. The van der Waals surface area contributed by atoms with Gasteiger partial charge in [0.05, 0.1) is 16.3 Å². The molecule has 0 amide bonds. The van der Waals surface area contributed by atoms with Gasteiger partial charge in [0.1, 0.15) is 24.7 Å². The molecule has 4 nitrogen and oxygen atoms in total. The molecule has 1 aromatic heterocycles. The monoisotopic (exact) mass is 515 g/mol. The van der Waals surface area contributed by atoms with Crippen molar-refractivity contribution in [1.82, 2.24) is 0 Å². The normalized spacial score (nSPS) is 13.0. The molecule has 1 aliphatic rings. The van der Waals surface area contributed by atoms with Crippen LogP contribution in [0.3, 0.4) is 0 Å². The number of fused-ring (bicyclic) bond motifs is 1. The number of ether oxygens (including phenoxy) is 1. The molecule has 36 heavy (non-hydrogen) atoms. The van der Waals surface area contributed by atoms with Gasteiger partial charge >= 0.3 is 0 Å². The summed E-state index contributed by atoms with van der Waals surface area (Å²) in [6, 6.07) is 19.7. The van der Waals surface area contributed by atoms with Crippen LogP contribution in [0.15, 0.2) is 81.5 Å². The van der Waals surface area contributed by atoms with Crippen LogP contribution in [-0.4, -0.2) is 12.3 Å². The summed E-state index contributed by atoms with van der Waals surface area (Å²) >= 11 is 1.44. The fraction of sp³-hybridized carbons (Fsp3) is 0.207. The minimum Gasteiger partial charge on any atom is -0.489 e. The first-order valence-corrected chi connectivity index (χ1v) is 12.3. The lowest BCUT2D eigenvalue weighted by Gasteiger charge is -2.12. The maximum atomic E-state index is 14.9. The van der Waals surface area contributed by atoms with Crippen molar-refractivity contribution in [3.05, 3.63) is 88.6 Å². The average Bonchev–Trinajstić information content (AvgIpc) is 3.54. The lowest BCUT2D eigenvalue weighted by atomic mass is 9.94. The van der Waals surface area contributed by atoms with Crippen LogP contribution in [0.5, 0.6) is 5.75 Å². The van der Waals surface area contributed by atoms with Gasteiger partial charge in [0.15, 0.2) is 0 Å². The molecule has 0 N–H and O–H groups in total. The number of halogens is 1. The Labute approximate surface area is 221 Å². The molecule has 0 unspecified atom stereocenters. The van der Waals surface area contributed by atoms with Crippen LogP contribution in [0.1, 0.15) is 36.0 Å². The first-order chi connectivity index (χ1) is 17.1. The number of hydrogen-bond acceptors (Lipinski definition) is 5. The predicted octanol–water partition coefficient (Wildman–Crippen LogP) is 8.03. The minimum atomic E-state index is -0.212. The molecule has 7 heteroatoms. The summed E-state index contributed by atoms with van der Waals surface area (Å²) in [6.45, 7) is 4.74. The van der Waals surface area contributed by atoms with Gasteiger partial charge in [0, 0.05) is 17.4 Å². The molecule has 3 aromatic carbocycles. The van der Waals surface area contributed by atoms with Crippen molar-refractivity contribution < 1.29 is 9.13 Å². The van der Waals surface area contributed by atoms with Gasteiger partial charge in [-0.15, -0.1) is 22.4 Å². The number of rotatable bonds is 7. The SMILES string of the molecule is CC#C[C@@H](CC1=NN=NC1)c1ccc(OCc2cc(F)c3scc(-c4ccccc4C)c3c2)cc1.S. The van der Waals surface area contributed by atoms with Crippen LogP contribution in [0.25, 0.3) is 21.2 Å². The Morgan fingerprint density at radius 3 is 2.61 bits per heavy atom. The lowest BCUT2D eigenvalue weighted by molar-refractivity contribution is 0.305. The van der Waals surface area contributed by atoms with Gasteiger partial charge in [-0.1, -0.05) is 42.3 Å². The van der Waals surface area contributed by atoms with Gasteiger partial charge in [0.2, 0.25) is 0 Å². The Morgan fingerprint density at radius 2 is 1.89 bits per heavy atom. The van der Waals surface area contributed by atoms with E-state index in [0.29, 0.717) is 17.7 Å². The molecular weight excluding hydrogens is 489 g/mol. The third kappa shape index (κ3) is 5.51. The zero-order valence-electron chi connectivity index (χ0n) is 20.1. The first kappa shape index (κ1) is 25.6. The fourth-order valence-electron chi connectivity index (χ4n) is 4.29. The number of thiophene rings is 1. The topological polar surface area (TPSA) is 46.3 Å². The Kier molecular flexibility index (Phi) is 8.19. The standard InChI is InChI=1S/C29H24FN3OS.H2S/c1-3-6-22(15-23-16-31-33-32-23)21-9-11-24(12-10-21)34-17-20-13-26-27(18-35-29(26)28(30)14-20)25-8-5-4-7-19(25)2;/h4-5,7-14,18,22H,15-17H2,1-2H3;1H2/t22-;/m0./s1. The predicted molar refractivity (Wildman–Crippen MR) is 151 cm³/mol. The van der Waals surface area contributed by atoms with E-state index >= 15 is 0 Å². The summed E-state index contributed by atoms with van der Waals surface area (Å²) < 4.78 is 21.6. The maximum absolute atomic E-state index is 14.9. The van der Waals surface area contributed by atoms with Gasteiger partial charge in [-0.05, 0) is 71.0 Å². The van der Waals surface area contributed by atoms with E-state index in [9.17, 15) is 4.39 Å². The van der Waals surface area contributed by atoms with Gasteiger partial charge in [0.25, 0.3) is 0 Å². The van der Waals surface area contributed by atoms with Crippen LogP contribution < -0.4 is 4.74 Å². The zero-order chi connectivity index (χ0) is 24.2. The maximum Gasteiger partial charge on any atom is 0.141 e. The highest BCUT2D eigenvalue weighted by Crippen LogP contribution is 2.37. The second-order valence-corrected chi connectivity index (χ2v) is 9.36. The highest BCUT2D eigenvalue weighted by Gasteiger charge is 2.16. The highest BCUT2D eigenvalue weighted by atomic mass is 32.1. The molecule has 2 heterocycles. The number of nitrogens with zero attached hydrogens (tertiary/aromatic N) is 3. The summed E-state index contributed by atoms with van der Waals surface area (Å²) in [6.07, 6.45) is 0.706. The van der Waals surface area contributed by atoms with E-state index in [1.165, 1.54) is 16.9 Å². The zero-order valence-corrected chi connectivity index (χ0v) is 21.9. The molecule has 4 aromatic rings. The van der Waals surface area contributed by atoms with E-state index in [0.717, 1.165) is 39.1 Å². The Morgan fingerprint density at radius 1 is 1.08 bits per heavy atom. The van der Waals surface area contributed by atoms with Crippen molar-refractivity contribution in [3.8, 4) is 28.7 Å². The van der Waals surface area contributed by atoms with Crippen molar-refractivity contribution in [3.63, 3.8) is 0 Å². The van der Waals surface area contributed by atoms with Gasteiger partial charge in [-0.2, -0.15) is 18.6 Å². The molecule has 0 aliphatic carbocycles. The summed E-state index contributed by atoms with van der Waals surface area (Å²) in [5.74, 6) is 6.81. The molecule has 5 rings (SSSR count). The van der Waals surface area contributed by atoms with E-state index in [1.807, 2.05) is 54.8 Å². The fourth-order valence-corrected chi connectivity index (χ4v) is 5.24. The molecule has 1 aliphatic heterocycles. The summed E-state index contributed by atoms with van der Waals surface area (Å²) in [5, 5.41) is 14.7. The number of benzene rings is 3. The first-order valence-electron chi connectivity index (χ1n) is 11.4. The van der Waals surface area contributed by atoms with Crippen molar-refractivity contribution in [1.29, 1.82) is 0 Å². The summed E-state index contributed by atoms with van der Waals surface area (Å²) in [5.41, 5.74) is 6.19. The van der Waals surface area contributed by atoms with E-state index in [2.05, 4.69) is 46.3 Å². The molecule has 0 bridgehead atoms. The molecule has 1 atom stereocenters. The second-order valence-electron chi connectivity index (χ2n) is 8.48. The molecule has 0 fully saturated rings. The van der Waals surface area contributed by atoms with Crippen molar-refractivity contribution in [2.75, 3.05) is 6.54 Å². The van der Waals surface area contributed by atoms with Crippen LogP contribution in [0.2, 0.25) is 0 Å². The number of aryl methyl sites for hydroxylation is 1. The molecule has 0 radical (unpaired) electrons. The Bertz CT molecular complexity index is 1500. The van der Waals surface area contributed by atoms with E-state index in [4.69, 9.17) is 4.74 Å². The molecule has 0 saturated heterocycles. The largest absolute Gasteiger partial charge is 0.489 e. The highest BCUT2D eigenvalue weighted by molar-refractivity contribution is 7.59. The van der Waals surface area contributed by atoms with Gasteiger partial charge < -0.3 is 4.74 Å². The smallest absolute Gasteiger partial charge is 0.141 e. The van der Waals surface area contributed by atoms with Crippen molar-refractivity contribution in [2.45, 2.75) is 32.8 Å². The average molecular weight is 516 g/mol. The van der Waals surface area contributed by atoms with Gasteiger partial charge in [-0.25, -0.2) is 4.39 Å². The second kappa shape index (κ2) is 11.5. The molecule has 0 spiro atoms. The van der Waals surface area contributed by atoms with Crippen LogP contribution >= 0.6 is 24.8 Å². The third-order valence-corrected chi connectivity index (χ3v) is 7.08. The van der Waals surface area contributed by atoms with Crippen LogP contribution in [0.4, 0.5) is 4.39 Å². The van der Waals surface area contributed by atoms with Crippen molar-refractivity contribution >= 4 is 40.6 Å². The molecule has 0 saturated carbocycles. The number of hydrogen-bond donors (Lipinski definition) is 0. The minimum absolute atomic E-state index is 0. The lowest BCUT2D eigenvalue weighted by Crippen LogP contribution is -2.07. The quantitative estimate of drug-likeness (QED) is 0.230.